The van der Waals surface area contributed by atoms with E-state index >= 15 is 0 Å². The highest BCUT2D eigenvalue weighted by molar-refractivity contribution is 5.99. The van der Waals surface area contributed by atoms with Gasteiger partial charge < -0.3 is 15.3 Å². The molecule has 0 aliphatic carbocycles. The number of aliphatic hydroxyl groups is 1. The highest BCUT2D eigenvalue weighted by Crippen LogP contribution is 2.19. The number of benzene rings is 2. The Morgan fingerprint density at radius 2 is 1.86 bits per heavy atom. The minimum atomic E-state index is -0.982. The number of pyridine rings is 1. The number of amides is 2. The number of para-hydroxylation sites is 1. The first-order chi connectivity index (χ1) is 13.7. The maximum absolute atomic E-state index is 12.9. The summed E-state index contributed by atoms with van der Waals surface area (Å²) in [6.07, 6.45) is 2.25. The second kappa shape index (κ2) is 7.78. The Balaban J connectivity index is 1.47. The van der Waals surface area contributed by atoms with Crippen LogP contribution in [0.15, 0.2) is 60.8 Å². The van der Waals surface area contributed by atoms with Crippen LogP contribution in [0.25, 0.3) is 10.9 Å². The molecule has 1 aliphatic rings. The van der Waals surface area contributed by atoms with Crippen LogP contribution in [0.1, 0.15) is 21.5 Å². The van der Waals surface area contributed by atoms with E-state index in [0.29, 0.717) is 18.7 Å². The van der Waals surface area contributed by atoms with Gasteiger partial charge in [0.05, 0.1) is 17.7 Å². The highest BCUT2D eigenvalue weighted by atomic mass is 16.3. The maximum Gasteiger partial charge on any atom is 0.253 e. The van der Waals surface area contributed by atoms with E-state index in [0.717, 1.165) is 22.9 Å². The largest absolute Gasteiger partial charge is 0.394 e. The van der Waals surface area contributed by atoms with Gasteiger partial charge in [-0.25, -0.2) is 0 Å². The van der Waals surface area contributed by atoms with Crippen LogP contribution in [0.5, 0.6) is 0 Å². The molecule has 3 aromatic rings. The Bertz CT molecular complexity index is 1030. The molecule has 0 bridgehead atoms. The molecule has 28 heavy (non-hydrogen) atoms. The third-order valence-corrected chi connectivity index (χ3v) is 5.08. The van der Waals surface area contributed by atoms with Gasteiger partial charge >= 0.3 is 0 Å². The number of aliphatic hydroxyl groups excluding tert-OH is 1. The third kappa shape index (κ3) is 3.59. The fourth-order valence-electron chi connectivity index (χ4n) is 3.53. The number of hydrogen-bond acceptors (Lipinski definition) is 4. The molecule has 2 amide bonds. The molecule has 2 heterocycles. The van der Waals surface area contributed by atoms with Gasteiger partial charge in [-0.05, 0) is 29.7 Å². The van der Waals surface area contributed by atoms with Gasteiger partial charge in [-0.15, -0.1) is 0 Å². The lowest BCUT2D eigenvalue weighted by atomic mass is 9.99. The zero-order valence-electron chi connectivity index (χ0n) is 15.3. The molecule has 2 N–H and O–H groups in total. The van der Waals surface area contributed by atoms with Gasteiger partial charge in [0.2, 0.25) is 5.91 Å². The fourth-order valence-corrected chi connectivity index (χ4v) is 3.53. The fraction of sp³-hybridized carbons (Fsp3) is 0.227. The van der Waals surface area contributed by atoms with E-state index in [-0.39, 0.29) is 5.91 Å². The van der Waals surface area contributed by atoms with Crippen molar-refractivity contribution in [1.82, 2.24) is 15.2 Å². The SMILES string of the molecule is O=C(NC(CO)C(=O)N1CCc2ccccc2C1)c1cnc2ccccc2c1. The van der Waals surface area contributed by atoms with Crippen molar-refractivity contribution >= 4 is 22.7 Å². The summed E-state index contributed by atoms with van der Waals surface area (Å²) in [6, 6.07) is 16.3. The number of nitrogens with one attached hydrogen (secondary N) is 1. The van der Waals surface area contributed by atoms with Crippen LogP contribution in [-0.4, -0.2) is 46.0 Å². The molecule has 1 aliphatic heterocycles. The average Bonchev–Trinajstić information content (AvgIpc) is 2.76. The first-order valence-corrected chi connectivity index (χ1v) is 9.28. The summed E-state index contributed by atoms with van der Waals surface area (Å²) in [6.45, 7) is 0.600. The predicted molar refractivity (Wildman–Crippen MR) is 106 cm³/mol. The Kier molecular flexibility index (Phi) is 5.04. The molecule has 2 aromatic carbocycles. The summed E-state index contributed by atoms with van der Waals surface area (Å²) in [7, 11) is 0. The van der Waals surface area contributed by atoms with E-state index in [1.807, 2.05) is 42.5 Å². The van der Waals surface area contributed by atoms with Crippen LogP contribution in [0.2, 0.25) is 0 Å². The maximum atomic E-state index is 12.9. The number of carbonyl (C=O) groups excluding carboxylic acids is 2. The van der Waals surface area contributed by atoms with Crippen molar-refractivity contribution in [3.63, 3.8) is 0 Å². The standard InChI is InChI=1S/C22H21N3O3/c26-14-20(22(28)25-10-9-15-5-1-2-7-17(15)13-25)24-21(27)18-11-16-6-3-4-8-19(16)23-12-18/h1-8,11-12,20,26H,9-10,13-14H2,(H,24,27). The number of hydrogen-bond donors (Lipinski definition) is 2. The van der Waals surface area contributed by atoms with Crippen LogP contribution in [0, 0.1) is 0 Å². The van der Waals surface area contributed by atoms with Crippen molar-refractivity contribution in [1.29, 1.82) is 0 Å². The molecular weight excluding hydrogens is 354 g/mol. The Morgan fingerprint density at radius 1 is 1.11 bits per heavy atom. The minimum absolute atomic E-state index is 0.279. The van der Waals surface area contributed by atoms with Crippen molar-refractivity contribution in [2.45, 2.75) is 19.0 Å². The molecule has 1 unspecified atom stereocenters. The van der Waals surface area contributed by atoms with Crippen molar-refractivity contribution in [2.24, 2.45) is 0 Å². The molecule has 6 nitrogen and oxygen atoms in total. The topological polar surface area (TPSA) is 82.5 Å². The van der Waals surface area contributed by atoms with Gasteiger partial charge in [-0.3, -0.25) is 14.6 Å². The van der Waals surface area contributed by atoms with E-state index in [2.05, 4.69) is 16.4 Å². The number of carbonyl (C=O) groups is 2. The highest BCUT2D eigenvalue weighted by Gasteiger charge is 2.28. The lowest BCUT2D eigenvalue weighted by molar-refractivity contribution is -0.135. The van der Waals surface area contributed by atoms with E-state index in [1.54, 1.807) is 11.0 Å². The first kappa shape index (κ1) is 18.1. The van der Waals surface area contributed by atoms with Gasteiger partial charge in [-0.2, -0.15) is 0 Å². The zero-order chi connectivity index (χ0) is 19.5. The number of fused-ring (bicyclic) bond motifs is 2. The van der Waals surface area contributed by atoms with Gasteiger partial charge in [0.15, 0.2) is 0 Å². The quantitative estimate of drug-likeness (QED) is 0.730. The lowest BCUT2D eigenvalue weighted by Crippen LogP contribution is -2.51. The Labute approximate surface area is 162 Å². The second-order valence-corrected chi connectivity index (χ2v) is 6.90. The smallest absolute Gasteiger partial charge is 0.253 e. The van der Waals surface area contributed by atoms with Crippen LogP contribution in [0.4, 0.5) is 0 Å². The number of nitrogens with zero attached hydrogens (tertiary/aromatic N) is 2. The van der Waals surface area contributed by atoms with Crippen LogP contribution in [0.3, 0.4) is 0 Å². The summed E-state index contributed by atoms with van der Waals surface area (Å²) in [4.78, 5) is 31.4. The summed E-state index contributed by atoms with van der Waals surface area (Å²) in [5.41, 5.74) is 3.48. The second-order valence-electron chi connectivity index (χ2n) is 6.90. The minimum Gasteiger partial charge on any atom is -0.394 e. The van der Waals surface area contributed by atoms with Gasteiger partial charge in [0.25, 0.3) is 5.91 Å². The summed E-state index contributed by atoms with van der Waals surface area (Å²) in [5.74, 6) is -0.706. The molecule has 1 atom stereocenters. The molecule has 6 heteroatoms. The Hall–Kier alpha value is -3.25. The van der Waals surface area contributed by atoms with E-state index in [1.165, 1.54) is 11.8 Å². The molecule has 0 saturated heterocycles. The molecule has 0 fully saturated rings. The lowest BCUT2D eigenvalue weighted by Gasteiger charge is -2.31. The summed E-state index contributed by atoms with van der Waals surface area (Å²) >= 11 is 0. The third-order valence-electron chi connectivity index (χ3n) is 5.08. The van der Waals surface area contributed by atoms with Crippen molar-refractivity contribution in [3.8, 4) is 0 Å². The van der Waals surface area contributed by atoms with E-state index < -0.39 is 18.6 Å². The average molecular weight is 375 g/mol. The van der Waals surface area contributed by atoms with Crippen molar-refractivity contribution in [3.05, 3.63) is 77.5 Å². The molecular formula is C22H21N3O3. The number of rotatable bonds is 4. The molecule has 0 spiro atoms. The molecule has 0 saturated carbocycles. The molecule has 0 radical (unpaired) electrons. The summed E-state index contributed by atoms with van der Waals surface area (Å²) < 4.78 is 0. The normalized spacial score (nSPS) is 14.4. The van der Waals surface area contributed by atoms with Crippen LogP contribution >= 0.6 is 0 Å². The molecule has 142 valence electrons. The van der Waals surface area contributed by atoms with E-state index in [9.17, 15) is 14.7 Å². The molecule has 1 aromatic heterocycles. The van der Waals surface area contributed by atoms with Crippen molar-refractivity contribution in [2.75, 3.05) is 13.2 Å². The van der Waals surface area contributed by atoms with E-state index in [4.69, 9.17) is 0 Å². The van der Waals surface area contributed by atoms with Crippen LogP contribution in [-0.2, 0) is 17.8 Å². The van der Waals surface area contributed by atoms with Crippen molar-refractivity contribution < 1.29 is 14.7 Å². The Morgan fingerprint density at radius 3 is 2.68 bits per heavy atom. The predicted octanol–water partition coefficient (Wildman–Crippen LogP) is 1.91. The van der Waals surface area contributed by atoms with Gasteiger partial charge in [-0.1, -0.05) is 42.5 Å². The summed E-state index contributed by atoms with van der Waals surface area (Å²) in [5, 5.41) is 13.2. The van der Waals surface area contributed by atoms with Gasteiger partial charge in [0, 0.05) is 24.7 Å². The molecule has 4 rings (SSSR count). The first-order valence-electron chi connectivity index (χ1n) is 9.28. The monoisotopic (exact) mass is 375 g/mol. The number of aromatic nitrogens is 1. The zero-order valence-corrected chi connectivity index (χ0v) is 15.3. The van der Waals surface area contributed by atoms with Crippen LogP contribution < -0.4 is 5.32 Å². The van der Waals surface area contributed by atoms with Gasteiger partial charge in [0.1, 0.15) is 6.04 Å².